The van der Waals surface area contributed by atoms with Gasteiger partial charge < -0.3 is 9.47 Å². The van der Waals surface area contributed by atoms with Crippen LogP contribution in [0.25, 0.3) is 0 Å². The van der Waals surface area contributed by atoms with Gasteiger partial charge in [0.25, 0.3) is 0 Å². The molecule has 2 aromatic carbocycles. The van der Waals surface area contributed by atoms with Gasteiger partial charge in [0.1, 0.15) is 11.5 Å². The van der Waals surface area contributed by atoms with Crippen LogP contribution in [0.15, 0.2) is 18.2 Å². The molecule has 28 heavy (non-hydrogen) atoms. The van der Waals surface area contributed by atoms with Crippen LogP contribution in [-0.2, 0) is 0 Å². The maximum atomic E-state index is 14.3. The summed E-state index contributed by atoms with van der Waals surface area (Å²) in [5.41, 5.74) is -1.00. The standard InChI is InChI=1S/C21H19F5O2/c1-6-15(16-17(22)19(24)21(26)20(25)18(16)23)12-7-13(27-10(2)3)9-14(8-12)28-11(4)5/h1,7-11,15H,2-5H3. The number of rotatable bonds is 6. The number of terminal acetylenes is 1. The summed E-state index contributed by atoms with van der Waals surface area (Å²) in [4.78, 5) is 0. The Labute approximate surface area is 160 Å². The van der Waals surface area contributed by atoms with E-state index >= 15 is 0 Å². The smallest absolute Gasteiger partial charge is 0.200 e. The van der Waals surface area contributed by atoms with Gasteiger partial charge in [0.15, 0.2) is 23.3 Å². The lowest BCUT2D eigenvalue weighted by molar-refractivity contribution is 0.228. The molecular weight excluding hydrogens is 379 g/mol. The molecule has 150 valence electrons. The maximum Gasteiger partial charge on any atom is 0.200 e. The lowest BCUT2D eigenvalue weighted by Crippen LogP contribution is -2.13. The molecule has 1 unspecified atom stereocenters. The molecule has 0 amide bonds. The third kappa shape index (κ3) is 4.38. The summed E-state index contributed by atoms with van der Waals surface area (Å²) < 4.78 is 80.4. The van der Waals surface area contributed by atoms with E-state index in [0.29, 0.717) is 0 Å². The Balaban J connectivity index is 2.69. The molecule has 0 aliphatic rings. The fourth-order valence-corrected chi connectivity index (χ4v) is 2.66. The van der Waals surface area contributed by atoms with Crippen LogP contribution in [0.2, 0.25) is 0 Å². The molecule has 0 saturated carbocycles. The van der Waals surface area contributed by atoms with Crippen molar-refractivity contribution in [2.24, 2.45) is 0 Å². The topological polar surface area (TPSA) is 18.5 Å². The SMILES string of the molecule is C#CC(c1cc(OC(C)C)cc(OC(C)C)c1)c1c(F)c(F)c(F)c(F)c1F. The van der Waals surface area contributed by atoms with Gasteiger partial charge in [-0.05, 0) is 45.4 Å². The minimum absolute atomic E-state index is 0.0968. The molecule has 2 rings (SSSR count). The molecule has 0 aliphatic heterocycles. The largest absolute Gasteiger partial charge is 0.491 e. The number of benzene rings is 2. The Morgan fingerprint density at radius 2 is 1.11 bits per heavy atom. The molecule has 0 heterocycles. The second-order valence-electron chi connectivity index (χ2n) is 6.65. The van der Waals surface area contributed by atoms with Crippen LogP contribution in [0.4, 0.5) is 22.0 Å². The van der Waals surface area contributed by atoms with E-state index in [9.17, 15) is 22.0 Å². The fourth-order valence-electron chi connectivity index (χ4n) is 2.66. The van der Waals surface area contributed by atoms with Gasteiger partial charge >= 0.3 is 0 Å². The molecule has 0 aliphatic carbocycles. The molecule has 2 nitrogen and oxygen atoms in total. The molecule has 0 N–H and O–H groups in total. The van der Waals surface area contributed by atoms with E-state index in [2.05, 4.69) is 5.92 Å². The summed E-state index contributed by atoms with van der Waals surface area (Å²) in [6.07, 6.45) is 4.94. The first-order chi connectivity index (χ1) is 13.1. The maximum absolute atomic E-state index is 14.3. The van der Waals surface area contributed by atoms with E-state index in [1.807, 2.05) is 0 Å². The zero-order valence-corrected chi connectivity index (χ0v) is 15.7. The van der Waals surface area contributed by atoms with Crippen molar-refractivity contribution in [3.63, 3.8) is 0 Å². The summed E-state index contributed by atoms with van der Waals surface area (Å²) >= 11 is 0. The Morgan fingerprint density at radius 3 is 1.46 bits per heavy atom. The zero-order chi connectivity index (χ0) is 21.2. The summed E-state index contributed by atoms with van der Waals surface area (Å²) in [5.74, 6) is -9.16. The number of halogens is 5. The van der Waals surface area contributed by atoms with Crippen molar-refractivity contribution < 1.29 is 31.4 Å². The van der Waals surface area contributed by atoms with Crippen molar-refractivity contribution in [3.8, 4) is 23.8 Å². The Kier molecular flexibility index (Phi) is 6.55. The summed E-state index contributed by atoms with van der Waals surface area (Å²) in [7, 11) is 0. The van der Waals surface area contributed by atoms with Crippen molar-refractivity contribution in [2.45, 2.75) is 45.8 Å². The van der Waals surface area contributed by atoms with Gasteiger partial charge in [-0.25, -0.2) is 22.0 Å². The third-order valence-electron chi connectivity index (χ3n) is 3.68. The van der Waals surface area contributed by atoms with Gasteiger partial charge in [-0.1, -0.05) is 5.92 Å². The second kappa shape index (κ2) is 8.51. The summed E-state index contributed by atoms with van der Waals surface area (Å²) in [6.45, 7) is 7.05. The lowest BCUT2D eigenvalue weighted by Gasteiger charge is -2.19. The third-order valence-corrected chi connectivity index (χ3v) is 3.68. The minimum atomic E-state index is -2.24. The highest BCUT2D eigenvalue weighted by Crippen LogP contribution is 2.36. The predicted molar refractivity (Wildman–Crippen MR) is 94.9 cm³/mol. The van der Waals surface area contributed by atoms with Gasteiger partial charge in [0.2, 0.25) is 5.82 Å². The van der Waals surface area contributed by atoms with Crippen molar-refractivity contribution >= 4 is 0 Å². The van der Waals surface area contributed by atoms with Gasteiger partial charge in [-0.2, -0.15) is 0 Å². The van der Waals surface area contributed by atoms with Crippen LogP contribution in [0.3, 0.4) is 0 Å². The van der Waals surface area contributed by atoms with Gasteiger partial charge in [-0.3, -0.25) is 0 Å². The van der Waals surface area contributed by atoms with E-state index in [4.69, 9.17) is 15.9 Å². The second-order valence-corrected chi connectivity index (χ2v) is 6.65. The molecule has 2 aromatic rings. The first-order valence-corrected chi connectivity index (χ1v) is 8.52. The van der Waals surface area contributed by atoms with Crippen LogP contribution >= 0.6 is 0 Å². The Morgan fingerprint density at radius 1 is 0.714 bits per heavy atom. The molecule has 0 aromatic heterocycles. The molecule has 7 heteroatoms. The normalized spacial score (nSPS) is 12.2. The fraction of sp³-hybridized carbons (Fsp3) is 0.333. The zero-order valence-electron chi connectivity index (χ0n) is 15.7. The number of hydrogen-bond acceptors (Lipinski definition) is 2. The highest BCUT2D eigenvalue weighted by atomic mass is 19.2. The van der Waals surface area contributed by atoms with E-state index in [0.717, 1.165) is 0 Å². The van der Waals surface area contributed by atoms with Crippen LogP contribution < -0.4 is 9.47 Å². The first-order valence-electron chi connectivity index (χ1n) is 8.52. The molecule has 0 bridgehead atoms. The minimum Gasteiger partial charge on any atom is -0.491 e. The van der Waals surface area contributed by atoms with Crippen LogP contribution in [-0.4, -0.2) is 12.2 Å². The average molecular weight is 398 g/mol. The predicted octanol–water partition coefficient (Wildman–Crippen LogP) is 5.72. The Bertz CT molecular complexity index is 859. The van der Waals surface area contributed by atoms with Crippen molar-refractivity contribution in [2.75, 3.05) is 0 Å². The van der Waals surface area contributed by atoms with Gasteiger partial charge in [0, 0.05) is 11.6 Å². The van der Waals surface area contributed by atoms with Crippen LogP contribution in [0.5, 0.6) is 11.5 Å². The van der Waals surface area contributed by atoms with E-state index < -0.39 is 40.6 Å². The summed E-state index contributed by atoms with van der Waals surface area (Å²) in [6, 6.07) is 4.32. The lowest BCUT2D eigenvalue weighted by atomic mass is 9.90. The number of hydrogen-bond donors (Lipinski definition) is 0. The molecule has 0 fully saturated rings. The quantitative estimate of drug-likeness (QED) is 0.268. The van der Waals surface area contributed by atoms with Gasteiger partial charge in [-0.15, -0.1) is 6.42 Å². The first kappa shape index (κ1) is 21.5. The molecule has 1 atom stereocenters. The van der Waals surface area contributed by atoms with Crippen molar-refractivity contribution in [1.82, 2.24) is 0 Å². The van der Waals surface area contributed by atoms with Gasteiger partial charge in [0.05, 0.1) is 18.1 Å². The molecule has 0 spiro atoms. The molecule has 0 radical (unpaired) electrons. The molecule has 0 saturated heterocycles. The van der Waals surface area contributed by atoms with Crippen molar-refractivity contribution in [1.29, 1.82) is 0 Å². The average Bonchev–Trinajstić information content (AvgIpc) is 2.60. The van der Waals surface area contributed by atoms with E-state index in [1.165, 1.54) is 12.1 Å². The number of ether oxygens (including phenoxy) is 2. The van der Waals surface area contributed by atoms with Crippen LogP contribution in [0.1, 0.15) is 44.7 Å². The van der Waals surface area contributed by atoms with Crippen molar-refractivity contribution in [3.05, 3.63) is 58.4 Å². The van der Waals surface area contributed by atoms with E-state index in [-0.39, 0.29) is 29.3 Å². The molecular formula is C21H19F5O2. The highest BCUT2D eigenvalue weighted by molar-refractivity contribution is 5.48. The Hall–Kier alpha value is -2.75. The highest BCUT2D eigenvalue weighted by Gasteiger charge is 2.31. The monoisotopic (exact) mass is 398 g/mol. The summed E-state index contributed by atoms with van der Waals surface area (Å²) in [5, 5.41) is 0. The van der Waals surface area contributed by atoms with Crippen LogP contribution in [0, 0.1) is 41.4 Å². The van der Waals surface area contributed by atoms with E-state index in [1.54, 1.807) is 33.8 Å².